The fourth-order valence-corrected chi connectivity index (χ4v) is 3.25. The molecule has 1 saturated heterocycles. The first kappa shape index (κ1) is 21.7. The van der Waals surface area contributed by atoms with Crippen molar-refractivity contribution in [2.75, 3.05) is 43.4 Å². The first-order valence-corrected chi connectivity index (χ1v) is 9.70. The van der Waals surface area contributed by atoms with Crippen molar-refractivity contribution in [1.82, 2.24) is 30.4 Å². The topological polar surface area (TPSA) is 95.3 Å². The highest BCUT2D eigenvalue weighted by atomic mass is 19.4. The molecule has 1 aliphatic rings. The third kappa shape index (κ3) is 5.97. The van der Waals surface area contributed by atoms with Crippen LogP contribution < -0.4 is 20.9 Å². The van der Waals surface area contributed by atoms with Gasteiger partial charge in [-0.3, -0.25) is 9.67 Å². The summed E-state index contributed by atoms with van der Waals surface area (Å²) in [5, 5.41) is 13.6. The van der Waals surface area contributed by atoms with Crippen LogP contribution >= 0.6 is 0 Å². The maximum atomic E-state index is 12.7. The second-order valence-corrected chi connectivity index (χ2v) is 6.99. The molecule has 9 nitrogen and oxygen atoms in total. The average molecular weight is 425 g/mol. The molecule has 0 aromatic carbocycles. The van der Waals surface area contributed by atoms with E-state index in [1.54, 1.807) is 11.7 Å². The Balaban J connectivity index is 1.44. The van der Waals surface area contributed by atoms with Crippen molar-refractivity contribution >= 4 is 17.6 Å². The molecule has 1 aliphatic heterocycles. The molecule has 0 amide bonds. The summed E-state index contributed by atoms with van der Waals surface area (Å²) >= 11 is 0. The minimum absolute atomic E-state index is 0.0611. The van der Waals surface area contributed by atoms with Gasteiger partial charge in [0.15, 0.2) is 5.96 Å². The van der Waals surface area contributed by atoms with Crippen LogP contribution in [0.15, 0.2) is 29.6 Å². The molecule has 3 heterocycles. The molecule has 30 heavy (non-hydrogen) atoms. The van der Waals surface area contributed by atoms with E-state index >= 15 is 0 Å². The lowest BCUT2D eigenvalue weighted by Crippen LogP contribution is -2.51. The van der Waals surface area contributed by atoms with Crippen molar-refractivity contribution in [3.63, 3.8) is 0 Å². The quantitative estimate of drug-likeness (QED) is 0.367. The smallest absolute Gasteiger partial charge is 0.367 e. The Hall–Kier alpha value is -3.05. The van der Waals surface area contributed by atoms with Gasteiger partial charge in [-0.1, -0.05) is 0 Å². The largest absolute Gasteiger partial charge is 0.433 e. The van der Waals surface area contributed by atoms with Gasteiger partial charge in [0.05, 0.1) is 11.9 Å². The number of hydrogen-bond donors (Lipinski definition) is 3. The van der Waals surface area contributed by atoms with Crippen LogP contribution in [0, 0.1) is 0 Å². The number of hydrogen-bond acceptors (Lipinski definition) is 6. The number of piperidine rings is 1. The van der Waals surface area contributed by atoms with Crippen LogP contribution in [-0.2, 0) is 13.2 Å². The maximum Gasteiger partial charge on any atom is 0.433 e. The highest BCUT2D eigenvalue weighted by Crippen LogP contribution is 2.27. The van der Waals surface area contributed by atoms with Crippen molar-refractivity contribution in [3.8, 4) is 0 Å². The van der Waals surface area contributed by atoms with Gasteiger partial charge in [-0.05, 0) is 18.9 Å². The number of aryl methyl sites for hydroxylation is 1. The molecule has 0 saturated carbocycles. The molecule has 3 rings (SSSR count). The number of anilines is 2. The molecule has 0 spiro atoms. The maximum absolute atomic E-state index is 12.7. The summed E-state index contributed by atoms with van der Waals surface area (Å²) < 4.78 is 39.9. The summed E-state index contributed by atoms with van der Waals surface area (Å²) in [5.74, 6) is 0.578. The number of halogens is 3. The number of guanidine groups is 1. The Morgan fingerprint density at radius 1 is 1.33 bits per heavy atom. The molecule has 2 aromatic rings. The van der Waals surface area contributed by atoms with Gasteiger partial charge in [-0.15, -0.1) is 0 Å². The summed E-state index contributed by atoms with van der Waals surface area (Å²) in [6.45, 7) is 2.60. The minimum atomic E-state index is -4.49. The van der Waals surface area contributed by atoms with Crippen molar-refractivity contribution < 1.29 is 13.2 Å². The molecular formula is C18H26F3N9. The van der Waals surface area contributed by atoms with Crippen molar-refractivity contribution in [2.24, 2.45) is 12.0 Å². The van der Waals surface area contributed by atoms with E-state index in [0.29, 0.717) is 19.0 Å². The normalized spacial score (nSPS) is 17.7. The number of aliphatic imine (C=N–C) groups is 1. The SMILES string of the molecule is CN=C(NCCNc1nccc(C(F)(F)F)n1)NC1CCCN(c2cnn(C)c2)C1. The monoisotopic (exact) mass is 425 g/mol. The summed E-state index contributed by atoms with van der Waals surface area (Å²) in [5.41, 5.74) is 0.123. The van der Waals surface area contributed by atoms with Gasteiger partial charge in [0.25, 0.3) is 0 Å². The third-order valence-corrected chi connectivity index (χ3v) is 4.69. The summed E-state index contributed by atoms with van der Waals surface area (Å²) in [4.78, 5) is 13.8. The molecule has 1 unspecified atom stereocenters. The van der Waals surface area contributed by atoms with Crippen LogP contribution in [-0.4, -0.2) is 65.0 Å². The zero-order chi connectivity index (χ0) is 21.6. The van der Waals surface area contributed by atoms with Gasteiger partial charge < -0.3 is 20.9 Å². The zero-order valence-corrected chi connectivity index (χ0v) is 16.9. The predicted octanol–water partition coefficient (Wildman–Crippen LogP) is 1.47. The number of alkyl halides is 3. The van der Waals surface area contributed by atoms with Crippen LogP contribution in [0.4, 0.5) is 24.8 Å². The number of nitrogens with one attached hydrogen (secondary N) is 3. The highest BCUT2D eigenvalue weighted by Gasteiger charge is 2.32. The van der Waals surface area contributed by atoms with Crippen molar-refractivity contribution in [1.29, 1.82) is 0 Å². The van der Waals surface area contributed by atoms with E-state index in [1.807, 2.05) is 19.4 Å². The second kappa shape index (κ2) is 9.63. The summed E-state index contributed by atoms with van der Waals surface area (Å²) in [6, 6.07) is 1.07. The zero-order valence-electron chi connectivity index (χ0n) is 16.9. The molecule has 1 fully saturated rings. The molecule has 1 atom stereocenters. The number of nitrogens with zero attached hydrogens (tertiary/aromatic N) is 6. The Kier molecular flexibility index (Phi) is 6.95. The van der Waals surface area contributed by atoms with Crippen LogP contribution in [0.3, 0.4) is 0 Å². The fourth-order valence-electron chi connectivity index (χ4n) is 3.25. The first-order valence-electron chi connectivity index (χ1n) is 9.70. The van der Waals surface area contributed by atoms with E-state index in [2.05, 4.69) is 40.9 Å². The fraction of sp³-hybridized carbons (Fsp3) is 0.556. The van der Waals surface area contributed by atoms with E-state index in [-0.39, 0.29) is 12.0 Å². The molecule has 2 aromatic heterocycles. The van der Waals surface area contributed by atoms with Crippen LogP contribution in [0.25, 0.3) is 0 Å². The lowest BCUT2D eigenvalue weighted by atomic mass is 10.1. The summed E-state index contributed by atoms with van der Waals surface area (Å²) in [6.07, 6.45) is 2.52. The van der Waals surface area contributed by atoms with Gasteiger partial charge in [0.1, 0.15) is 5.69 Å². The van der Waals surface area contributed by atoms with Crippen LogP contribution in [0.5, 0.6) is 0 Å². The van der Waals surface area contributed by atoms with E-state index in [1.165, 1.54) is 0 Å². The lowest BCUT2D eigenvalue weighted by molar-refractivity contribution is -0.141. The molecule has 164 valence electrons. The molecule has 12 heteroatoms. The minimum Gasteiger partial charge on any atom is -0.367 e. The molecule has 0 bridgehead atoms. The number of rotatable bonds is 6. The predicted molar refractivity (Wildman–Crippen MR) is 108 cm³/mol. The van der Waals surface area contributed by atoms with Gasteiger partial charge in [-0.2, -0.15) is 18.3 Å². The highest BCUT2D eigenvalue weighted by molar-refractivity contribution is 5.80. The Labute approximate surface area is 172 Å². The number of aromatic nitrogens is 4. The Bertz CT molecular complexity index is 849. The molecule has 3 N–H and O–H groups in total. The lowest BCUT2D eigenvalue weighted by Gasteiger charge is -2.34. The van der Waals surface area contributed by atoms with Crippen LogP contribution in [0.1, 0.15) is 18.5 Å². The molecule has 0 aliphatic carbocycles. The van der Waals surface area contributed by atoms with E-state index in [0.717, 1.165) is 43.9 Å². The van der Waals surface area contributed by atoms with Gasteiger partial charge in [-0.25, -0.2) is 9.97 Å². The standard InChI is InChI=1S/C18H26F3N9/c1-22-16(24-7-8-25-17-23-6-5-15(28-17)18(19,20)21)27-13-4-3-9-30(11-13)14-10-26-29(2)12-14/h5-6,10,12-13H,3-4,7-9,11H2,1-2H3,(H2,22,24,27)(H,23,25,28). The first-order chi connectivity index (χ1) is 14.3. The van der Waals surface area contributed by atoms with E-state index < -0.39 is 11.9 Å². The van der Waals surface area contributed by atoms with E-state index in [4.69, 9.17) is 0 Å². The Morgan fingerprint density at radius 2 is 2.17 bits per heavy atom. The van der Waals surface area contributed by atoms with E-state index in [9.17, 15) is 13.2 Å². The molecule has 0 radical (unpaired) electrons. The second-order valence-electron chi connectivity index (χ2n) is 6.99. The average Bonchev–Trinajstić information content (AvgIpc) is 3.16. The van der Waals surface area contributed by atoms with Gasteiger partial charge in [0.2, 0.25) is 5.95 Å². The third-order valence-electron chi connectivity index (χ3n) is 4.69. The molecular weight excluding hydrogens is 399 g/mol. The Morgan fingerprint density at radius 3 is 2.87 bits per heavy atom. The van der Waals surface area contributed by atoms with Crippen molar-refractivity contribution in [3.05, 3.63) is 30.4 Å². The van der Waals surface area contributed by atoms with Gasteiger partial charge >= 0.3 is 6.18 Å². The van der Waals surface area contributed by atoms with Crippen molar-refractivity contribution in [2.45, 2.75) is 25.1 Å². The summed E-state index contributed by atoms with van der Waals surface area (Å²) in [7, 11) is 3.58. The van der Waals surface area contributed by atoms with Gasteiger partial charge in [0, 0.05) is 58.7 Å². The van der Waals surface area contributed by atoms with Crippen LogP contribution in [0.2, 0.25) is 0 Å².